The van der Waals surface area contributed by atoms with Crippen LogP contribution in [0.3, 0.4) is 0 Å². The minimum atomic E-state index is -0.973. The standard InChI is InChI=1S/C22H16BrClN4O3/c23-15-5-3-4-14(12-15)13-25-28-22(31)21(30)27-19-7-2-1-6-18(19)20(29)26-17-10-8-16(24)9-11-17/h1-13H,(H,26,29)(H,27,30)(H,28,31). The third-order valence-corrected chi connectivity index (χ3v) is 4.70. The zero-order valence-corrected chi connectivity index (χ0v) is 18.3. The van der Waals surface area contributed by atoms with Crippen molar-refractivity contribution in [2.45, 2.75) is 0 Å². The van der Waals surface area contributed by atoms with E-state index < -0.39 is 17.7 Å². The van der Waals surface area contributed by atoms with Gasteiger partial charge in [-0.2, -0.15) is 5.10 Å². The Hall–Kier alpha value is -3.49. The highest BCUT2D eigenvalue weighted by atomic mass is 79.9. The predicted molar refractivity (Wildman–Crippen MR) is 124 cm³/mol. The van der Waals surface area contributed by atoms with E-state index in [1.165, 1.54) is 18.3 Å². The summed E-state index contributed by atoms with van der Waals surface area (Å²) in [6.45, 7) is 0. The van der Waals surface area contributed by atoms with Gasteiger partial charge in [0.15, 0.2) is 0 Å². The molecule has 0 aliphatic carbocycles. The maximum atomic E-state index is 12.6. The molecule has 0 saturated heterocycles. The van der Waals surface area contributed by atoms with Crippen LogP contribution in [0.1, 0.15) is 15.9 Å². The van der Waals surface area contributed by atoms with Gasteiger partial charge in [0.25, 0.3) is 5.91 Å². The molecule has 7 nitrogen and oxygen atoms in total. The van der Waals surface area contributed by atoms with Crippen LogP contribution in [0.5, 0.6) is 0 Å². The first-order chi connectivity index (χ1) is 14.9. The van der Waals surface area contributed by atoms with Crippen LogP contribution in [-0.2, 0) is 9.59 Å². The van der Waals surface area contributed by atoms with Gasteiger partial charge in [0.1, 0.15) is 0 Å². The molecule has 0 aromatic heterocycles. The van der Waals surface area contributed by atoms with E-state index in [2.05, 4.69) is 37.1 Å². The average Bonchev–Trinajstić information content (AvgIpc) is 2.75. The normalized spacial score (nSPS) is 10.5. The largest absolute Gasteiger partial charge is 0.329 e. The van der Waals surface area contributed by atoms with E-state index in [1.807, 2.05) is 12.1 Å². The number of carbonyl (C=O) groups excluding carboxylic acids is 3. The second kappa shape index (κ2) is 10.5. The number of benzene rings is 3. The summed E-state index contributed by atoms with van der Waals surface area (Å²) < 4.78 is 0.856. The SMILES string of the molecule is O=C(NN=Cc1cccc(Br)c1)C(=O)Nc1ccccc1C(=O)Nc1ccc(Cl)cc1. The molecule has 3 amide bonds. The molecule has 3 rings (SSSR count). The third-order valence-electron chi connectivity index (χ3n) is 3.96. The van der Waals surface area contributed by atoms with Gasteiger partial charge in [-0.25, -0.2) is 5.43 Å². The summed E-state index contributed by atoms with van der Waals surface area (Å²) in [6, 6.07) is 20.2. The summed E-state index contributed by atoms with van der Waals surface area (Å²) in [6.07, 6.45) is 1.41. The molecule has 31 heavy (non-hydrogen) atoms. The van der Waals surface area contributed by atoms with Crippen LogP contribution < -0.4 is 16.1 Å². The summed E-state index contributed by atoms with van der Waals surface area (Å²) in [5, 5.41) is 9.45. The van der Waals surface area contributed by atoms with Crippen molar-refractivity contribution in [2.75, 3.05) is 10.6 Å². The van der Waals surface area contributed by atoms with Crippen molar-refractivity contribution in [3.63, 3.8) is 0 Å². The van der Waals surface area contributed by atoms with Crippen LogP contribution in [0.15, 0.2) is 82.4 Å². The summed E-state index contributed by atoms with van der Waals surface area (Å²) in [5.74, 6) is -2.39. The molecule has 0 atom stereocenters. The van der Waals surface area contributed by atoms with E-state index in [0.717, 1.165) is 10.0 Å². The maximum absolute atomic E-state index is 12.6. The average molecular weight is 500 g/mol. The van der Waals surface area contributed by atoms with Crippen LogP contribution in [0, 0.1) is 0 Å². The minimum Gasteiger partial charge on any atom is -0.322 e. The number of amides is 3. The lowest BCUT2D eigenvalue weighted by molar-refractivity contribution is -0.136. The van der Waals surface area contributed by atoms with E-state index >= 15 is 0 Å². The number of anilines is 2. The van der Waals surface area contributed by atoms with Crippen molar-refractivity contribution in [1.29, 1.82) is 0 Å². The lowest BCUT2D eigenvalue weighted by Gasteiger charge is -2.11. The number of rotatable bonds is 5. The Balaban J connectivity index is 1.63. The second-order valence-electron chi connectivity index (χ2n) is 6.21. The lowest BCUT2D eigenvalue weighted by Crippen LogP contribution is -2.33. The van der Waals surface area contributed by atoms with E-state index in [9.17, 15) is 14.4 Å². The summed E-state index contributed by atoms with van der Waals surface area (Å²) in [4.78, 5) is 36.9. The minimum absolute atomic E-state index is 0.185. The molecule has 3 aromatic carbocycles. The zero-order chi connectivity index (χ0) is 22.2. The Morgan fingerprint density at radius 2 is 1.61 bits per heavy atom. The number of halogens is 2. The van der Waals surface area contributed by atoms with Gasteiger partial charge in [-0.15, -0.1) is 0 Å². The molecule has 0 bridgehead atoms. The Bertz CT molecular complexity index is 1150. The fourth-order valence-corrected chi connectivity index (χ4v) is 3.05. The van der Waals surface area contributed by atoms with Crippen LogP contribution in [-0.4, -0.2) is 23.9 Å². The van der Waals surface area contributed by atoms with E-state index in [1.54, 1.807) is 48.5 Å². The molecule has 0 unspecified atom stereocenters. The fraction of sp³-hybridized carbons (Fsp3) is 0. The molecule has 3 N–H and O–H groups in total. The summed E-state index contributed by atoms with van der Waals surface area (Å²) in [7, 11) is 0. The highest BCUT2D eigenvalue weighted by Gasteiger charge is 2.17. The highest BCUT2D eigenvalue weighted by Crippen LogP contribution is 2.19. The van der Waals surface area contributed by atoms with Gasteiger partial charge < -0.3 is 10.6 Å². The quantitative estimate of drug-likeness (QED) is 0.275. The van der Waals surface area contributed by atoms with E-state index in [4.69, 9.17) is 11.6 Å². The monoisotopic (exact) mass is 498 g/mol. The van der Waals surface area contributed by atoms with Crippen LogP contribution in [0.2, 0.25) is 5.02 Å². The first-order valence-corrected chi connectivity index (χ1v) is 10.2. The van der Waals surface area contributed by atoms with Gasteiger partial charge in [-0.05, 0) is 54.1 Å². The molecule has 0 aliphatic rings. The maximum Gasteiger partial charge on any atom is 0.329 e. The number of para-hydroxylation sites is 1. The van der Waals surface area contributed by atoms with Gasteiger partial charge in [-0.3, -0.25) is 14.4 Å². The summed E-state index contributed by atoms with van der Waals surface area (Å²) in [5.41, 5.74) is 3.80. The van der Waals surface area contributed by atoms with Crippen LogP contribution in [0.4, 0.5) is 11.4 Å². The van der Waals surface area contributed by atoms with E-state index in [0.29, 0.717) is 10.7 Å². The van der Waals surface area contributed by atoms with Gasteiger partial charge in [0.2, 0.25) is 0 Å². The van der Waals surface area contributed by atoms with Crippen LogP contribution in [0.25, 0.3) is 0 Å². The van der Waals surface area contributed by atoms with Crippen molar-refractivity contribution >= 4 is 62.8 Å². The molecule has 0 fully saturated rings. The van der Waals surface area contributed by atoms with Gasteiger partial charge in [0.05, 0.1) is 17.5 Å². The molecule has 0 heterocycles. The van der Waals surface area contributed by atoms with Gasteiger partial charge in [-0.1, -0.05) is 51.8 Å². The number of nitrogens with one attached hydrogen (secondary N) is 3. The molecule has 0 aliphatic heterocycles. The molecule has 156 valence electrons. The number of hydrogen-bond donors (Lipinski definition) is 3. The number of nitrogens with zero attached hydrogens (tertiary/aromatic N) is 1. The molecule has 3 aromatic rings. The van der Waals surface area contributed by atoms with Gasteiger partial charge >= 0.3 is 11.8 Å². The molecular formula is C22H16BrClN4O3. The first kappa shape index (κ1) is 22.2. The van der Waals surface area contributed by atoms with Crippen molar-refractivity contribution in [2.24, 2.45) is 5.10 Å². The van der Waals surface area contributed by atoms with Crippen LogP contribution >= 0.6 is 27.5 Å². The highest BCUT2D eigenvalue weighted by molar-refractivity contribution is 9.10. The third kappa shape index (κ3) is 6.50. The topological polar surface area (TPSA) is 99.7 Å². The Labute approximate surface area is 191 Å². The summed E-state index contributed by atoms with van der Waals surface area (Å²) >= 11 is 9.18. The number of hydrogen-bond acceptors (Lipinski definition) is 4. The number of hydrazone groups is 1. The predicted octanol–water partition coefficient (Wildman–Crippen LogP) is 4.44. The molecular weight excluding hydrogens is 484 g/mol. The van der Waals surface area contributed by atoms with Crippen molar-refractivity contribution in [3.8, 4) is 0 Å². The van der Waals surface area contributed by atoms with Crippen molar-refractivity contribution in [1.82, 2.24) is 5.43 Å². The lowest BCUT2D eigenvalue weighted by atomic mass is 10.1. The molecule has 0 saturated carbocycles. The zero-order valence-electron chi connectivity index (χ0n) is 15.9. The molecule has 9 heteroatoms. The smallest absolute Gasteiger partial charge is 0.322 e. The Morgan fingerprint density at radius 1 is 0.871 bits per heavy atom. The van der Waals surface area contributed by atoms with Gasteiger partial charge in [0, 0.05) is 15.2 Å². The van der Waals surface area contributed by atoms with E-state index in [-0.39, 0.29) is 11.3 Å². The molecule has 0 spiro atoms. The number of carbonyl (C=O) groups is 3. The fourth-order valence-electron chi connectivity index (χ4n) is 2.50. The van der Waals surface area contributed by atoms with Crippen molar-refractivity contribution < 1.29 is 14.4 Å². The Morgan fingerprint density at radius 3 is 2.35 bits per heavy atom. The Kier molecular flexibility index (Phi) is 7.53. The first-order valence-electron chi connectivity index (χ1n) is 8.98. The molecule has 0 radical (unpaired) electrons. The second-order valence-corrected chi connectivity index (χ2v) is 7.57. The van der Waals surface area contributed by atoms with Crippen molar-refractivity contribution in [3.05, 3.63) is 93.4 Å².